The molecule has 0 radical (unpaired) electrons. The van der Waals surface area contributed by atoms with Crippen molar-refractivity contribution in [1.82, 2.24) is 14.9 Å². The van der Waals surface area contributed by atoms with Gasteiger partial charge in [0, 0.05) is 31.8 Å². The maximum absolute atomic E-state index is 11.3. The number of hydrogen-bond acceptors (Lipinski definition) is 4. The molecule has 0 aromatic carbocycles. The Bertz CT molecular complexity index is 477. The van der Waals surface area contributed by atoms with Crippen molar-refractivity contribution in [2.24, 2.45) is 5.73 Å². The van der Waals surface area contributed by atoms with Gasteiger partial charge in [0.15, 0.2) is 0 Å². The van der Waals surface area contributed by atoms with E-state index in [9.17, 15) is 14.4 Å². The maximum atomic E-state index is 11.3. The van der Waals surface area contributed by atoms with Crippen LogP contribution >= 0.6 is 0 Å². The molecule has 0 aliphatic heterocycles. The molecule has 0 aliphatic rings. The van der Waals surface area contributed by atoms with E-state index in [1.165, 1.54) is 16.8 Å². The van der Waals surface area contributed by atoms with Crippen molar-refractivity contribution >= 4 is 5.91 Å². The first kappa shape index (κ1) is 13.2. The van der Waals surface area contributed by atoms with Crippen LogP contribution in [-0.2, 0) is 11.3 Å². The van der Waals surface area contributed by atoms with Crippen LogP contribution in [0.25, 0.3) is 0 Å². The van der Waals surface area contributed by atoms with Gasteiger partial charge in [-0.25, -0.2) is 4.79 Å². The molecule has 1 rings (SSSR count). The van der Waals surface area contributed by atoms with E-state index in [1.54, 1.807) is 0 Å². The molecular weight excluding hydrogens is 224 g/mol. The molecular formula is C10H16N4O3. The number of nitrogens with zero attached hydrogens (tertiary/aromatic N) is 1. The second kappa shape index (κ2) is 6.64. The Kier molecular flexibility index (Phi) is 5.15. The first-order chi connectivity index (χ1) is 8.13. The van der Waals surface area contributed by atoms with Gasteiger partial charge in [-0.15, -0.1) is 0 Å². The van der Waals surface area contributed by atoms with Gasteiger partial charge >= 0.3 is 5.69 Å². The summed E-state index contributed by atoms with van der Waals surface area (Å²) in [6.45, 7) is 1.31. The molecule has 1 aromatic rings. The normalized spacial score (nSPS) is 10.2. The summed E-state index contributed by atoms with van der Waals surface area (Å²) in [7, 11) is 0. The van der Waals surface area contributed by atoms with Crippen molar-refractivity contribution < 1.29 is 4.79 Å². The van der Waals surface area contributed by atoms with Crippen LogP contribution in [0.15, 0.2) is 21.9 Å². The summed E-state index contributed by atoms with van der Waals surface area (Å²) < 4.78 is 1.28. The van der Waals surface area contributed by atoms with Gasteiger partial charge in [0.05, 0.1) is 0 Å². The summed E-state index contributed by atoms with van der Waals surface area (Å²) >= 11 is 0. The molecule has 1 heterocycles. The van der Waals surface area contributed by atoms with Crippen LogP contribution in [0.5, 0.6) is 0 Å². The molecule has 4 N–H and O–H groups in total. The molecule has 0 aliphatic carbocycles. The molecule has 1 aromatic heterocycles. The number of aromatic amines is 1. The minimum atomic E-state index is -0.507. The lowest BCUT2D eigenvalue weighted by Gasteiger charge is -2.05. The fourth-order valence-electron chi connectivity index (χ4n) is 1.26. The first-order valence-corrected chi connectivity index (χ1v) is 5.40. The minimum Gasteiger partial charge on any atom is -0.356 e. The van der Waals surface area contributed by atoms with Gasteiger partial charge in [-0.05, 0) is 13.0 Å². The first-order valence-electron chi connectivity index (χ1n) is 5.40. The third-order valence-electron chi connectivity index (χ3n) is 2.18. The smallest absolute Gasteiger partial charge is 0.328 e. The fraction of sp³-hybridized carbons (Fsp3) is 0.500. The highest BCUT2D eigenvalue weighted by molar-refractivity contribution is 5.75. The third kappa shape index (κ3) is 4.64. The van der Waals surface area contributed by atoms with Crippen molar-refractivity contribution in [1.29, 1.82) is 0 Å². The zero-order valence-electron chi connectivity index (χ0n) is 9.44. The predicted octanol–water partition coefficient (Wildman–Crippen LogP) is -1.61. The van der Waals surface area contributed by atoms with Crippen LogP contribution in [-0.4, -0.2) is 28.5 Å². The number of carbonyl (C=O) groups is 1. The number of hydrogen-bond donors (Lipinski definition) is 3. The summed E-state index contributed by atoms with van der Waals surface area (Å²) in [5.41, 5.74) is 4.33. The number of carbonyl (C=O) groups excluding carboxylic acids is 1. The lowest BCUT2D eigenvalue weighted by atomic mass is 10.3. The Morgan fingerprint density at radius 1 is 1.47 bits per heavy atom. The SMILES string of the molecule is NCCCNC(=O)CCn1ccc(=O)[nH]c1=O. The summed E-state index contributed by atoms with van der Waals surface area (Å²) in [5, 5.41) is 2.68. The Morgan fingerprint density at radius 2 is 2.24 bits per heavy atom. The van der Waals surface area contributed by atoms with Crippen LogP contribution in [0, 0.1) is 0 Å². The summed E-state index contributed by atoms with van der Waals surface area (Å²) in [6.07, 6.45) is 2.29. The van der Waals surface area contributed by atoms with E-state index < -0.39 is 11.2 Å². The van der Waals surface area contributed by atoms with E-state index in [0.717, 1.165) is 6.42 Å². The number of aryl methyl sites for hydroxylation is 1. The van der Waals surface area contributed by atoms with E-state index in [-0.39, 0.29) is 18.9 Å². The number of amides is 1. The summed E-state index contributed by atoms with van der Waals surface area (Å²) in [4.78, 5) is 35.5. The maximum Gasteiger partial charge on any atom is 0.328 e. The van der Waals surface area contributed by atoms with Gasteiger partial charge in [0.2, 0.25) is 5.91 Å². The molecule has 0 spiro atoms. The van der Waals surface area contributed by atoms with E-state index in [0.29, 0.717) is 13.1 Å². The van der Waals surface area contributed by atoms with Gasteiger partial charge in [-0.1, -0.05) is 0 Å². The highest BCUT2D eigenvalue weighted by atomic mass is 16.2. The Balaban J connectivity index is 2.42. The highest BCUT2D eigenvalue weighted by Crippen LogP contribution is 1.85. The van der Waals surface area contributed by atoms with Crippen LogP contribution < -0.4 is 22.3 Å². The second-order valence-electron chi connectivity index (χ2n) is 3.55. The molecule has 7 nitrogen and oxygen atoms in total. The molecule has 0 bridgehead atoms. The Morgan fingerprint density at radius 3 is 2.88 bits per heavy atom. The quantitative estimate of drug-likeness (QED) is 0.520. The average molecular weight is 240 g/mol. The van der Waals surface area contributed by atoms with Crippen molar-refractivity contribution in [2.75, 3.05) is 13.1 Å². The zero-order valence-corrected chi connectivity index (χ0v) is 9.44. The highest BCUT2D eigenvalue weighted by Gasteiger charge is 2.02. The largest absolute Gasteiger partial charge is 0.356 e. The van der Waals surface area contributed by atoms with Crippen molar-refractivity contribution in [3.63, 3.8) is 0 Å². The van der Waals surface area contributed by atoms with Gasteiger partial charge in [-0.3, -0.25) is 14.6 Å². The lowest BCUT2D eigenvalue weighted by Crippen LogP contribution is -2.31. The van der Waals surface area contributed by atoms with Gasteiger partial charge in [0.1, 0.15) is 0 Å². The molecule has 0 atom stereocenters. The number of nitrogens with one attached hydrogen (secondary N) is 2. The molecule has 94 valence electrons. The van der Waals surface area contributed by atoms with E-state index in [2.05, 4.69) is 10.3 Å². The predicted molar refractivity (Wildman–Crippen MR) is 62.6 cm³/mol. The van der Waals surface area contributed by atoms with Crippen LogP contribution in [0.2, 0.25) is 0 Å². The lowest BCUT2D eigenvalue weighted by molar-refractivity contribution is -0.121. The van der Waals surface area contributed by atoms with E-state index in [4.69, 9.17) is 5.73 Å². The van der Waals surface area contributed by atoms with Crippen molar-refractivity contribution in [3.05, 3.63) is 33.1 Å². The van der Waals surface area contributed by atoms with E-state index in [1.807, 2.05) is 0 Å². The van der Waals surface area contributed by atoms with Crippen LogP contribution in [0.1, 0.15) is 12.8 Å². The second-order valence-corrected chi connectivity index (χ2v) is 3.55. The fourth-order valence-corrected chi connectivity index (χ4v) is 1.26. The molecule has 0 fully saturated rings. The van der Waals surface area contributed by atoms with Crippen molar-refractivity contribution in [3.8, 4) is 0 Å². The number of H-pyrrole nitrogens is 1. The van der Waals surface area contributed by atoms with Gasteiger partial charge in [0.25, 0.3) is 5.56 Å². The Hall–Kier alpha value is -1.89. The third-order valence-corrected chi connectivity index (χ3v) is 2.18. The zero-order chi connectivity index (χ0) is 12.7. The molecule has 0 saturated heterocycles. The van der Waals surface area contributed by atoms with Gasteiger partial charge in [-0.2, -0.15) is 0 Å². The molecule has 7 heteroatoms. The average Bonchev–Trinajstić information content (AvgIpc) is 2.28. The number of nitrogens with two attached hydrogens (primary N) is 1. The van der Waals surface area contributed by atoms with Crippen LogP contribution in [0.3, 0.4) is 0 Å². The molecule has 0 unspecified atom stereocenters. The Labute approximate surface area is 97.6 Å². The topological polar surface area (TPSA) is 110 Å². The standard InChI is InChI=1S/C10H16N4O3/c11-4-1-5-12-8(15)2-6-14-7-3-9(16)13-10(14)17/h3,7H,1-2,4-6,11H2,(H,12,15)(H,13,16,17). The monoisotopic (exact) mass is 240 g/mol. The molecule has 0 saturated carbocycles. The van der Waals surface area contributed by atoms with Crippen molar-refractivity contribution in [2.45, 2.75) is 19.4 Å². The summed E-state index contributed by atoms with van der Waals surface area (Å²) in [5.74, 6) is -0.142. The van der Waals surface area contributed by atoms with Gasteiger partial charge < -0.3 is 15.6 Å². The molecule has 17 heavy (non-hydrogen) atoms. The number of rotatable bonds is 6. The van der Waals surface area contributed by atoms with Crippen LogP contribution in [0.4, 0.5) is 0 Å². The minimum absolute atomic E-state index is 0.142. The summed E-state index contributed by atoms with van der Waals surface area (Å²) in [6, 6.07) is 1.24. The molecule has 1 amide bonds. The number of aromatic nitrogens is 2. The van der Waals surface area contributed by atoms with E-state index >= 15 is 0 Å².